The monoisotopic (exact) mass is 393 g/mol. The number of nitrogens with zero attached hydrogens (tertiary/aromatic N) is 1. The summed E-state index contributed by atoms with van der Waals surface area (Å²) in [6.45, 7) is 6.29. The van der Waals surface area contributed by atoms with Crippen molar-refractivity contribution in [2.45, 2.75) is 27.4 Å². The van der Waals surface area contributed by atoms with Gasteiger partial charge in [-0.3, -0.25) is 9.59 Å². The molecule has 7 heteroatoms. The van der Waals surface area contributed by atoms with Crippen LogP contribution in [0.5, 0.6) is 5.75 Å². The minimum atomic E-state index is -0.326. The SMILES string of the molecule is CCNC(=O)c1cccc(NC(=O)c2ccccc2OCc2c(C)noc2C)c1. The lowest BCUT2D eigenvalue weighted by atomic mass is 10.1. The Labute approximate surface area is 169 Å². The minimum Gasteiger partial charge on any atom is -0.488 e. The number of amides is 2. The van der Waals surface area contributed by atoms with Crippen LogP contribution in [-0.4, -0.2) is 23.5 Å². The van der Waals surface area contributed by atoms with Crippen LogP contribution in [-0.2, 0) is 6.61 Å². The average Bonchev–Trinajstić information content (AvgIpc) is 3.04. The molecule has 0 unspecified atom stereocenters. The molecule has 0 saturated carbocycles. The van der Waals surface area contributed by atoms with Gasteiger partial charge in [-0.1, -0.05) is 23.4 Å². The lowest BCUT2D eigenvalue weighted by Crippen LogP contribution is -2.22. The van der Waals surface area contributed by atoms with Crippen LogP contribution in [0.4, 0.5) is 5.69 Å². The van der Waals surface area contributed by atoms with Crippen molar-refractivity contribution in [1.29, 1.82) is 0 Å². The van der Waals surface area contributed by atoms with Gasteiger partial charge < -0.3 is 19.9 Å². The maximum absolute atomic E-state index is 12.8. The molecule has 3 rings (SSSR count). The first kappa shape index (κ1) is 20.1. The molecular weight excluding hydrogens is 370 g/mol. The Balaban J connectivity index is 1.75. The normalized spacial score (nSPS) is 10.4. The number of rotatable bonds is 7. The molecule has 2 N–H and O–H groups in total. The van der Waals surface area contributed by atoms with E-state index < -0.39 is 0 Å². The highest BCUT2D eigenvalue weighted by Crippen LogP contribution is 2.23. The van der Waals surface area contributed by atoms with E-state index in [-0.39, 0.29) is 18.4 Å². The maximum atomic E-state index is 12.8. The van der Waals surface area contributed by atoms with E-state index in [2.05, 4.69) is 15.8 Å². The van der Waals surface area contributed by atoms with Crippen LogP contribution >= 0.6 is 0 Å². The first-order valence-electron chi connectivity index (χ1n) is 9.32. The molecule has 0 spiro atoms. The van der Waals surface area contributed by atoms with E-state index in [1.165, 1.54) is 0 Å². The Kier molecular flexibility index (Phi) is 6.29. The van der Waals surface area contributed by atoms with Crippen molar-refractivity contribution in [2.24, 2.45) is 0 Å². The number of hydrogen-bond acceptors (Lipinski definition) is 5. The molecule has 1 heterocycles. The topological polar surface area (TPSA) is 93.5 Å². The molecule has 0 saturated heterocycles. The van der Waals surface area contributed by atoms with Gasteiger partial charge in [-0.25, -0.2) is 0 Å². The fraction of sp³-hybridized carbons (Fsp3) is 0.227. The number of aromatic nitrogens is 1. The van der Waals surface area contributed by atoms with Gasteiger partial charge in [-0.05, 0) is 51.1 Å². The zero-order valence-electron chi connectivity index (χ0n) is 16.6. The summed E-state index contributed by atoms with van der Waals surface area (Å²) < 4.78 is 11.0. The summed E-state index contributed by atoms with van der Waals surface area (Å²) in [7, 11) is 0. The first-order valence-corrected chi connectivity index (χ1v) is 9.32. The summed E-state index contributed by atoms with van der Waals surface area (Å²) in [6, 6.07) is 13.8. The van der Waals surface area contributed by atoms with E-state index in [0.717, 1.165) is 11.3 Å². The number of nitrogens with one attached hydrogen (secondary N) is 2. The third-order valence-electron chi connectivity index (χ3n) is 4.40. The number of ether oxygens (including phenoxy) is 1. The lowest BCUT2D eigenvalue weighted by Gasteiger charge is -2.12. The Morgan fingerprint density at radius 1 is 1.07 bits per heavy atom. The van der Waals surface area contributed by atoms with Gasteiger partial charge in [0.05, 0.1) is 16.8 Å². The van der Waals surface area contributed by atoms with Crippen LogP contribution in [0.1, 0.15) is 44.7 Å². The summed E-state index contributed by atoms with van der Waals surface area (Å²) in [5.41, 5.74) is 3.01. The number of anilines is 1. The molecule has 0 atom stereocenters. The molecule has 0 aliphatic carbocycles. The van der Waals surface area contributed by atoms with Crippen molar-refractivity contribution in [3.63, 3.8) is 0 Å². The number of carbonyl (C=O) groups is 2. The van der Waals surface area contributed by atoms with Crippen LogP contribution in [0, 0.1) is 13.8 Å². The zero-order chi connectivity index (χ0) is 20.8. The fourth-order valence-electron chi connectivity index (χ4n) is 2.84. The summed E-state index contributed by atoms with van der Waals surface area (Å²) in [5.74, 6) is 0.621. The van der Waals surface area contributed by atoms with Crippen molar-refractivity contribution in [3.05, 3.63) is 76.7 Å². The van der Waals surface area contributed by atoms with E-state index in [4.69, 9.17) is 9.26 Å². The molecule has 0 radical (unpaired) electrons. The van der Waals surface area contributed by atoms with Crippen LogP contribution in [0.15, 0.2) is 53.1 Å². The molecule has 1 aromatic heterocycles. The standard InChI is InChI=1S/C22H23N3O4/c1-4-23-21(26)16-8-7-9-17(12-16)24-22(27)18-10-5-6-11-20(18)28-13-19-14(2)25-29-15(19)3/h5-12H,4,13H2,1-3H3,(H,23,26)(H,24,27). The van der Waals surface area contributed by atoms with Gasteiger partial charge in [-0.15, -0.1) is 0 Å². The Bertz CT molecular complexity index is 1010. The molecule has 3 aromatic rings. The van der Waals surface area contributed by atoms with Crippen molar-refractivity contribution < 1.29 is 18.8 Å². The second-order valence-corrected chi connectivity index (χ2v) is 6.48. The summed E-state index contributed by atoms with van der Waals surface area (Å²) in [4.78, 5) is 24.8. The molecule has 7 nitrogen and oxygen atoms in total. The number of aryl methyl sites for hydroxylation is 2. The van der Waals surface area contributed by atoms with Crippen LogP contribution in [0.3, 0.4) is 0 Å². The zero-order valence-corrected chi connectivity index (χ0v) is 16.6. The molecular formula is C22H23N3O4. The Morgan fingerprint density at radius 2 is 1.86 bits per heavy atom. The lowest BCUT2D eigenvalue weighted by molar-refractivity contribution is 0.0954. The van der Waals surface area contributed by atoms with E-state index >= 15 is 0 Å². The van der Waals surface area contributed by atoms with Gasteiger partial charge in [-0.2, -0.15) is 0 Å². The van der Waals surface area contributed by atoms with Gasteiger partial charge in [0.1, 0.15) is 18.1 Å². The fourth-order valence-corrected chi connectivity index (χ4v) is 2.84. The molecule has 0 aliphatic rings. The molecule has 0 aliphatic heterocycles. The summed E-state index contributed by atoms with van der Waals surface area (Å²) in [6.07, 6.45) is 0. The average molecular weight is 393 g/mol. The highest BCUT2D eigenvalue weighted by molar-refractivity contribution is 6.06. The van der Waals surface area contributed by atoms with E-state index in [0.29, 0.717) is 34.9 Å². The first-order chi connectivity index (χ1) is 14.0. The number of benzene rings is 2. The van der Waals surface area contributed by atoms with Crippen molar-refractivity contribution in [3.8, 4) is 5.75 Å². The molecule has 2 amide bonds. The molecule has 29 heavy (non-hydrogen) atoms. The van der Waals surface area contributed by atoms with Gasteiger partial charge in [0.25, 0.3) is 11.8 Å². The van der Waals surface area contributed by atoms with Crippen LogP contribution in [0.25, 0.3) is 0 Å². The van der Waals surface area contributed by atoms with E-state index in [9.17, 15) is 9.59 Å². The molecule has 150 valence electrons. The van der Waals surface area contributed by atoms with Crippen molar-refractivity contribution in [1.82, 2.24) is 10.5 Å². The minimum absolute atomic E-state index is 0.188. The van der Waals surface area contributed by atoms with Gasteiger partial charge in [0.2, 0.25) is 0 Å². The number of para-hydroxylation sites is 1. The largest absolute Gasteiger partial charge is 0.488 e. The molecule has 0 fully saturated rings. The van der Waals surface area contributed by atoms with Gasteiger partial charge in [0, 0.05) is 17.8 Å². The van der Waals surface area contributed by atoms with Crippen LogP contribution in [0.2, 0.25) is 0 Å². The van der Waals surface area contributed by atoms with Crippen LogP contribution < -0.4 is 15.4 Å². The molecule has 2 aromatic carbocycles. The highest BCUT2D eigenvalue weighted by atomic mass is 16.5. The summed E-state index contributed by atoms with van der Waals surface area (Å²) >= 11 is 0. The quantitative estimate of drug-likeness (QED) is 0.635. The highest BCUT2D eigenvalue weighted by Gasteiger charge is 2.15. The third kappa shape index (κ3) is 4.82. The van der Waals surface area contributed by atoms with E-state index in [1.54, 1.807) is 48.5 Å². The maximum Gasteiger partial charge on any atom is 0.259 e. The van der Waals surface area contributed by atoms with Gasteiger partial charge in [0.15, 0.2) is 0 Å². The third-order valence-corrected chi connectivity index (χ3v) is 4.40. The summed E-state index contributed by atoms with van der Waals surface area (Å²) in [5, 5.41) is 9.47. The number of hydrogen-bond donors (Lipinski definition) is 2. The Morgan fingerprint density at radius 3 is 2.59 bits per heavy atom. The Hall–Kier alpha value is -3.61. The molecule has 0 bridgehead atoms. The van der Waals surface area contributed by atoms with Gasteiger partial charge >= 0.3 is 0 Å². The predicted octanol–water partition coefficient (Wildman–Crippen LogP) is 3.87. The number of carbonyl (C=O) groups excluding carboxylic acids is 2. The smallest absolute Gasteiger partial charge is 0.259 e. The predicted molar refractivity (Wildman–Crippen MR) is 109 cm³/mol. The second kappa shape index (κ2) is 9.05. The second-order valence-electron chi connectivity index (χ2n) is 6.48. The van der Waals surface area contributed by atoms with Crippen molar-refractivity contribution >= 4 is 17.5 Å². The van der Waals surface area contributed by atoms with Crippen molar-refractivity contribution in [2.75, 3.05) is 11.9 Å². The van der Waals surface area contributed by atoms with E-state index in [1.807, 2.05) is 20.8 Å².